The van der Waals surface area contributed by atoms with Gasteiger partial charge in [-0.05, 0) is 29.8 Å². The number of para-hydroxylation sites is 1. The molecule has 1 aromatic carbocycles. The number of hydrogen-bond acceptors (Lipinski definition) is 5. The molecule has 0 saturated heterocycles. The Balaban J connectivity index is 1.59. The van der Waals surface area contributed by atoms with Crippen LogP contribution in [-0.4, -0.2) is 30.2 Å². The fraction of sp³-hybridized carbons (Fsp3) is 0.273. The van der Waals surface area contributed by atoms with Crippen molar-refractivity contribution in [2.24, 2.45) is 0 Å². The molecule has 8 heteroatoms. The van der Waals surface area contributed by atoms with Gasteiger partial charge < -0.3 is 14.4 Å². The van der Waals surface area contributed by atoms with E-state index >= 15 is 0 Å². The quantitative estimate of drug-likeness (QED) is 0.644. The summed E-state index contributed by atoms with van der Waals surface area (Å²) in [6.45, 7) is 0.839. The summed E-state index contributed by atoms with van der Waals surface area (Å²) in [6.07, 6.45) is -3.07. The van der Waals surface area contributed by atoms with Crippen molar-refractivity contribution in [1.29, 1.82) is 0 Å². The van der Waals surface area contributed by atoms with E-state index in [1.807, 2.05) is 35.2 Å². The molecule has 0 radical (unpaired) electrons. The van der Waals surface area contributed by atoms with Crippen LogP contribution in [0.4, 0.5) is 18.9 Å². The predicted molar refractivity (Wildman–Crippen MR) is 104 cm³/mol. The first-order valence-corrected chi connectivity index (χ1v) is 9.46. The molecule has 30 heavy (non-hydrogen) atoms. The zero-order chi connectivity index (χ0) is 20.9. The average Bonchev–Trinajstić information content (AvgIpc) is 3.26. The normalized spacial score (nSPS) is 19.5. The van der Waals surface area contributed by atoms with E-state index in [1.54, 1.807) is 13.2 Å². The standard InChI is InChI=1S/C22H18F3N3O2/c1-29-19-9-8-18-20(27-19)21(13-30-18)12-28(17-7-3-2-5-15(17)21)11-16-14(22(23,24)25)6-4-10-26-16/h2-10H,11-13H2,1H3. The molecular formula is C22H18F3N3O2. The van der Waals surface area contributed by atoms with E-state index in [4.69, 9.17) is 9.47 Å². The number of rotatable bonds is 3. The molecule has 2 aliphatic heterocycles. The lowest BCUT2D eigenvalue weighted by Gasteiger charge is -2.25. The lowest BCUT2D eigenvalue weighted by Crippen LogP contribution is -2.37. The van der Waals surface area contributed by atoms with Crippen LogP contribution in [0.15, 0.2) is 54.7 Å². The minimum Gasteiger partial charge on any atom is -0.490 e. The summed E-state index contributed by atoms with van der Waals surface area (Å²) in [4.78, 5) is 10.6. The Morgan fingerprint density at radius 1 is 1.13 bits per heavy atom. The van der Waals surface area contributed by atoms with E-state index in [1.165, 1.54) is 12.3 Å². The van der Waals surface area contributed by atoms with Gasteiger partial charge in [0.05, 0.1) is 30.3 Å². The van der Waals surface area contributed by atoms with Crippen molar-refractivity contribution in [3.63, 3.8) is 0 Å². The van der Waals surface area contributed by atoms with Crippen LogP contribution in [0.1, 0.15) is 22.5 Å². The molecule has 0 N–H and O–H groups in total. The van der Waals surface area contributed by atoms with E-state index in [2.05, 4.69) is 9.97 Å². The van der Waals surface area contributed by atoms with Gasteiger partial charge >= 0.3 is 6.18 Å². The molecule has 154 valence electrons. The van der Waals surface area contributed by atoms with Crippen molar-refractivity contribution in [2.45, 2.75) is 18.1 Å². The van der Waals surface area contributed by atoms with Crippen LogP contribution in [0.25, 0.3) is 0 Å². The van der Waals surface area contributed by atoms with E-state index < -0.39 is 17.2 Å². The Morgan fingerprint density at radius 3 is 2.77 bits per heavy atom. The van der Waals surface area contributed by atoms with Gasteiger partial charge in [0.1, 0.15) is 18.1 Å². The number of ether oxygens (including phenoxy) is 2. The summed E-state index contributed by atoms with van der Waals surface area (Å²) in [6, 6.07) is 13.6. The SMILES string of the molecule is COc1ccc2c(n1)C1(CO2)CN(Cc2ncccc2C(F)(F)F)c2ccccc21. The van der Waals surface area contributed by atoms with Gasteiger partial charge in [-0.25, -0.2) is 4.98 Å². The van der Waals surface area contributed by atoms with Crippen LogP contribution >= 0.6 is 0 Å². The fourth-order valence-corrected chi connectivity index (χ4v) is 4.39. The molecule has 1 atom stereocenters. The summed E-state index contributed by atoms with van der Waals surface area (Å²) in [5, 5.41) is 0. The van der Waals surface area contributed by atoms with E-state index in [-0.39, 0.29) is 12.2 Å². The van der Waals surface area contributed by atoms with Crippen LogP contribution < -0.4 is 14.4 Å². The predicted octanol–water partition coefficient (Wildman–Crippen LogP) is 4.20. The second kappa shape index (κ2) is 6.62. The van der Waals surface area contributed by atoms with Crippen molar-refractivity contribution in [3.8, 4) is 11.6 Å². The number of fused-ring (bicyclic) bond motifs is 4. The molecule has 5 nitrogen and oxygen atoms in total. The summed E-state index contributed by atoms with van der Waals surface area (Å²) < 4.78 is 51.7. The zero-order valence-corrected chi connectivity index (χ0v) is 16.1. The van der Waals surface area contributed by atoms with E-state index in [9.17, 15) is 13.2 Å². The molecule has 0 fully saturated rings. The van der Waals surface area contributed by atoms with E-state index in [0.29, 0.717) is 24.8 Å². The first-order valence-electron chi connectivity index (χ1n) is 9.46. The number of pyridine rings is 2. The number of aromatic nitrogens is 2. The smallest absolute Gasteiger partial charge is 0.418 e. The minimum absolute atomic E-state index is 0.00501. The summed E-state index contributed by atoms with van der Waals surface area (Å²) in [7, 11) is 1.55. The number of methoxy groups -OCH3 is 1. The van der Waals surface area contributed by atoms with Crippen molar-refractivity contribution < 1.29 is 22.6 Å². The van der Waals surface area contributed by atoms with Crippen LogP contribution in [-0.2, 0) is 18.1 Å². The third kappa shape index (κ3) is 2.78. The van der Waals surface area contributed by atoms with Crippen LogP contribution in [0.3, 0.4) is 0 Å². The maximum atomic E-state index is 13.5. The first-order chi connectivity index (χ1) is 14.4. The number of hydrogen-bond donors (Lipinski definition) is 0. The van der Waals surface area contributed by atoms with Gasteiger partial charge in [0.15, 0.2) is 0 Å². The van der Waals surface area contributed by atoms with Crippen molar-refractivity contribution in [1.82, 2.24) is 9.97 Å². The van der Waals surface area contributed by atoms with Gasteiger partial charge in [0.2, 0.25) is 5.88 Å². The van der Waals surface area contributed by atoms with Gasteiger partial charge in [-0.15, -0.1) is 0 Å². The molecule has 0 saturated carbocycles. The monoisotopic (exact) mass is 413 g/mol. The summed E-state index contributed by atoms with van der Waals surface area (Å²) in [5.74, 6) is 1.14. The van der Waals surface area contributed by atoms with Gasteiger partial charge in [-0.1, -0.05) is 18.2 Å². The van der Waals surface area contributed by atoms with Gasteiger partial charge in [0.25, 0.3) is 0 Å². The van der Waals surface area contributed by atoms with Crippen molar-refractivity contribution >= 4 is 5.69 Å². The highest BCUT2D eigenvalue weighted by Crippen LogP contribution is 2.51. The maximum Gasteiger partial charge on any atom is 0.418 e. The van der Waals surface area contributed by atoms with Crippen molar-refractivity contribution in [2.75, 3.05) is 25.2 Å². The second-order valence-corrected chi connectivity index (χ2v) is 7.44. The molecule has 0 bridgehead atoms. The Labute approximate surface area is 171 Å². The van der Waals surface area contributed by atoms with Crippen LogP contribution in [0.2, 0.25) is 0 Å². The van der Waals surface area contributed by atoms with E-state index in [0.717, 1.165) is 23.0 Å². The van der Waals surface area contributed by atoms with Gasteiger partial charge in [0, 0.05) is 24.5 Å². The molecule has 0 amide bonds. The van der Waals surface area contributed by atoms with Gasteiger partial charge in [-0.2, -0.15) is 13.2 Å². The van der Waals surface area contributed by atoms with Crippen molar-refractivity contribution in [3.05, 3.63) is 77.2 Å². The number of alkyl halides is 3. The molecule has 2 aromatic heterocycles. The highest BCUT2D eigenvalue weighted by atomic mass is 19.4. The Hall–Kier alpha value is -3.29. The number of nitrogens with zero attached hydrogens (tertiary/aromatic N) is 3. The highest BCUT2D eigenvalue weighted by molar-refractivity contribution is 5.68. The summed E-state index contributed by atoms with van der Waals surface area (Å²) in [5.41, 5.74) is 1.29. The molecular weight excluding hydrogens is 395 g/mol. The molecule has 3 aromatic rings. The maximum absolute atomic E-state index is 13.5. The molecule has 0 aliphatic carbocycles. The largest absolute Gasteiger partial charge is 0.490 e. The Bertz CT molecular complexity index is 1120. The van der Waals surface area contributed by atoms with Gasteiger partial charge in [-0.3, -0.25) is 4.98 Å². The molecule has 1 unspecified atom stereocenters. The fourth-order valence-electron chi connectivity index (χ4n) is 4.39. The molecule has 1 spiro atoms. The topological polar surface area (TPSA) is 47.5 Å². The summed E-state index contributed by atoms with van der Waals surface area (Å²) >= 11 is 0. The third-order valence-electron chi connectivity index (χ3n) is 5.73. The molecule has 5 rings (SSSR count). The number of benzene rings is 1. The molecule has 2 aliphatic rings. The Kier molecular flexibility index (Phi) is 4.13. The van der Waals surface area contributed by atoms with Crippen LogP contribution in [0.5, 0.6) is 11.6 Å². The second-order valence-electron chi connectivity index (χ2n) is 7.44. The Morgan fingerprint density at radius 2 is 1.97 bits per heavy atom. The van der Waals surface area contributed by atoms with Crippen LogP contribution in [0, 0.1) is 0 Å². The highest BCUT2D eigenvalue weighted by Gasteiger charge is 2.51. The lowest BCUT2D eigenvalue weighted by molar-refractivity contribution is -0.138. The molecule has 4 heterocycles. The number of anilines is 1. The lowest BCUT2D eigenvalue weighted by atomic mass is 9.81. The number of halogens is 3. The average molecular weight is 413 g/mol. The zero-order valence-electron chi connectivity index (χ0n) is 16.1. The third-order valence-corrected chi connectivity index (χ3v) is 5.73. The first kappa shape index (κ1) is 18.7. The minimum atomic E-state index is -4.46.